The maximum Gasteiger partial charge on any atom is 0.257 e. The summed E-state index contributed by atoms with van der Waals surface area (Å²) in [7, 11) is 0. The fourth-order valence-electron chi connectivity index (χ4n) is 4.72. The molecule has 0 bridgehead atoms. The van der Waals surface area contributed by atoms with Crippen LogP contribution in [0.2, 0.25) is 11.1 Å². The lowest BCUT2D eigenvalue weighted by molar-refractivity contribution is 0.478. The molecule has 0 radical (unpaired) electrons. The summed E-state index contributed by atoms with van der Waals surface area (Å²) >= 11 is 14.5. The number of hydrogen-bond donors (Lipinski definition) is 0. The lowest BCUT2D eigenvalue weighted by Gasteiger charge is -2.36. The van der Waals surface area contributed by atoms with Crippen molar-refractivity contribution in [1.29, 1.82) is 0 Å². The maximum atomic E-state index is 7.24. The van der Waals surface area contributed by atoms with Crippen LogP contribution in [0.15, 0.2) is 0 Å². The Hall–Kier alpha value is 0.797. The molecule has 0 atom stereocenters. The molecule has 23 heavy (non-hydrogen) atoms. The lowest BCUT2D eigenvalue weighted by Crippen LogP contribution is -2.34. The minimum Gasteiger partial charge on any atom is -0.145 e. The molecule has 0 N–H and O–H groups in total. The van der Waals surface area contributed by atoms with Crippen LogP contribution < -0.4 is 0 Å². The molecule has 3 heteroatoms. The molecule has 2 aliphatic carbocycles. The van der Waals surface area contributed by atoms with E-state index in [1.165, 1.54) is 116 Å². The summed E-state index contributed by atoms with van der Waals surface area (Å²) in [6.07, 6.45) is 24.9. The highest BCUT2D eigenvalue weighted by Gasteiger charge is 2.44. The lowest BCUT2D eigenvalue weighted by atomic mass is 10.00. The molecule has 0 aromatic rings. The van der Waals surface area contributed by atoms with E-state index in [1.54, 1.807) is 0 Å². The first-order chi connectivity index (χ1) is 11.2. The molecule has 2 aliphatic rings. The van der Waals surface area contributed by atoms with Gasteiger partial charge in [-0.15, -0.1) is 22.2 Å². The average molecular weight is 378 g/mol. The first-order valence-electron chi connectivity index (χ1n) is 10.6. The monoisotopic (exact) mass is 376 g/mol. The van der Waals surface area contributed by atoms with E-state index in [0.29, 0.717) is 11.1 Å². The molecule has 0 aliphatic heterocycles. The Morgan fingerprint density at radius 2 is 0.609 bits per heavy atom. The Morgan fingerprint density at radius 1 is 0.391 bits per heavy atom. The quantitative estimate of drug-likeness (QED) is 0.333. The van der Waals surface area contributed by atoms with Crippen LogP contribution in [0.25, 0.3) is 0 Å². The van der Waals surface area contributed by atoms with Gasteiger partial charge in [0.2, 0.25) is 0 Å². The topological polar surface area (TPSA) is 0 Å². The SMILES string of the molecule is Cl[Si](Cl)(C1CCCCCCCCC1)C1CCCCCCCCC1. The van der Waals surface area contributed by atoms with Crippen LogP contribution >= 0.6 is 22.2 Å². The van der Waals surface area contributed by atoms with E-state index >= 15 is 0 Å². The predicted octanol–water partition coefficient (Wildman–Crippen LogP) is 8.70. The molecule has 0 aromatic heterocycles. The van der Waals surface area contributed by atoms with E-state index in [9.17, 15) is 0 Å². The van der Waals surface area contributed by atoms with Crippen molar-refractivity contribution in [3.8, 4) is 0 Å². The first-order valence-corrected chi connectivity index (χ1v) is 14.8. The van der Waals surface area contributed by atoms with Crippen LogP contribution in [0.4, 0.5) is 0 Å². The van der Waals surface area contributed by atoms with E-state index in [-0.39, 0.29) is 0 Å². The van der Waals surface area contributed by atoms with Crippen LogP contribution in [0.3, 0.4) is 0 Å². The first kappa shape index (κ1) is 20.1. The third kappa shape index (κ3) is 7.28. The Labute approximate surface area is 155 Å². The van der Waals surface area contributed by atoms with Crippen LogP contribution in [0.5, 0.6) is 0 Å². The van der Waals surface area contributed by atoms with Crippen LogP contribution in [-0.2, 0) is 0 Å². The van der Waals surface area contributed by atoms with Crippen molar-refractivity contribution >= 4 is 28.9 Å². The minimum absolute atomic E-state index is 0.664. The minimum atomic E-state index is -2.14. The predicted molar refractivity (Wildman–Crippen MR) is 108 cm³/mol. The summed E-state index contributed by atoms with van der Waals surface area (Å²) in [5.41, 5.74) is 1.33. The van der Waals surface area contributed by atoms with Gasteiger partial charge >= 0.3 is 0 Å². The summed E-state index contributed by atoms with van der Waals surface area (Å²) in [6, 6.07) is 0. The van der Waals surface area contributed by atoms with Crippen molar-refractivity contribution in [2.75, 3.05) is 0 Å². The van der Waals surface area contributed by atoms with Crippen LogP contribution in [0.1, 0.15) is 116 Å². The summed E-state index contributed by atoms with van der Waals surface area (Å²) in [6.45, 7) is -2.14. The zero-order chi connectivity index (χ0) is 16.4. The third-order valence-electron chi connectivity index (χ3n) is 6.30. The number of hydrogen-bond acceptors (Lipinski definition) is 0. The molecular formula is C20H38Cl2Si. The molecule has 2 fully saturated rings. The molecule has 2 rings (SSSR count). The molecule has 0 unspecified atom stereocenters. The normalized spacial score (nSPS) is 25.8. The molecule has 0 amide bonds. The smallest absolute Gasteiger partial charge is 0.145 e. The molecule has 0 aromatic carbocycles. The fourth-order valence-corrected chi connectivity index (χ4v) is 10.4. The van der Waals surface area contributed by atoms with Gasteiger partial charge in [-0.1, -0.05) is 116 Å². The molecule has 0 spiro atoms. The van der Waals surface area contributed by atoms with Crippen LogP contribution in [-0.4, -0.2) is 6.69 Å². The van der Waals surface area contributed by atoms with Gasteiger partial charge < -0.3 is 0 Å². The Morgan fingerprint density at radius 3 is 0.870 bits per heavy atom. The maximum absolute atomic E-state index is 7.24. The van der Waals surface area contributed by atoms with Gasteiger partial charge in [-0.05, 0) is 11.1 Å². The van der Waals surface area contributed by atoms with Crippen molar-refractivity contribution < 1.29 is 0 Å². The Balaban J connectivity index is 1.95. The second-order valence-corrected chi connectivity index (χ2v) is 15.5. The third-order valence-corrected chi connectivity index (χ3v) is 13.3. The summed E-state index contributed by atoms with van der Waals surface area (Å²) < 4.78 is 0. The molecule has 2 saturated carbocycles. The van der Waals surface area contributed by atoms with Crippen molar-refractivity contribution in [3.05, 3.63) is 0 Å². The molecule has 0 heterocycles. The van der Waals surface area contributed by atoms with E-state index in [1.807, 2.05) is 0 Å². The zero-order valence-electron chi connectivity index (χ0n) is 15.1. The average Bonchev–Trinajstić information content (AvgIpc) is 2.57. The number of rotatable bonds is 2. The fraction of sp³-hybridized carbons (Fsp3) is 1.00. The highest BCUT2D eigenvalue weighted by Crippen LogP contribution is 2.50. The Bertz CT molecular complexity index is 258. The van der Waals surface area contributed by atoms with E-state index in [0.717, 1.165) is 0 Å². The molecule has 136 valence electrons. The van der Waals surface area contributed by atoms with E-state index in [2.05, 4.69) is 0 Å². The zero-order valence-corrected chi connectivity index (χ0v) is 17.7. The van der Waals surface area contributed by atoms with Crippen molar-refractivity contribution in [2.24, 2.45) is 0 Å². The van der Waals surface area contributed by atoms with Crippen molar-refractivity contribution in [3.63, 3.8) is 0 Å². The van der Waals surface area contributed by atoms with Gasteiger partial charge in [0.05, 0.1) is 0 Å². The van der Waals surface area contributed by atoms with Gasteiger partial charge in [-0.3, -0.25) is 0 Å². The summed E-state index contributed by atoms with van der Waals surface area (Å²) in [5, 5.41) is 0. The summed E-state index contributed by atoms with van der Waals surface area (Å²) in [4.78, 5) is 0. The standard InChI is InChI=1S/C20H38Cl2Si/c21-23(22,19-15-11-7-3-1-4-8-12-16-19)20-17-13-9-5-2-6-10-14-18-20/h19-20H,1-18H2. The van der Waals surface area contributed by atoms with Gasteiger partial charge in [0.1, 0.15) is 0 Å². The Kier molecular flexibility index (Phi) is 9.99. The van der Waals surface area contributed by atoms with E-state index < -0.39 is 6.69 Å². The van der Waals surface area contributed by atoms with Gasteiger partial charge in [-0.2, -0.15) is 0 Å². The van der Waals surface area contributed by atoms with Crippen molar-refractivity contribution in [2.45, 2.75) is 127 Å². The van der Waals surface area contributed by atoms with Gasteiger partial charge in [0.15, 0.2) is 0 Å². The highest BCUT2D eigenvalue weighted by atomic mass is 35.7. The molecule has 0 saturated heterocycles. The molecular weight excluding hydrogens is 339 g/mol. The van der Waals surface area contributed by atoms with E-state index in [4.69, 9.17) is 22.2 Å². The molecule has 0 nitrogen and oxygen atoms in total. The largest absolute Gasteiger partial charge is 0.257 e. The second-order valence-electron chi connectivity index (χ2n) is 8.17. The van der Waals surface area contributed by atoms with Crippen LogP contribution in [0, 0.1) is 0 Å². The van der Waals surface area contributed by atoms with Crippen molar-refractivity contribution in [1.82, 2.24) is 0 Å². The van der Waals surface area contributed by atoms with Gasteiger partial charge in [0, 0.05) is 0 Å². The van der Waals surface area contributed by atoms with Gasteiger partial charge in [-0.25, -0.2) is 0 Å². The summed E-state index contributed by atoms with van der Waals surface area (Å²) in [5.74, 6) is 0. The van der Waals surface area contributed by atoms with Gasteiger partial charge in [0.25, 0.3) is 6.69 Å². The number of halogens is 2. The second kappa shape index (κ2) is 11.4. The highest BCUT2D eigenvalue weighted by molar-refractivity contribution is 7.46.